The van der Waals surface area contributed by atoms with Crippen LogP contribution in [0.5, 0.6) is 0 Å². The van der Waals surface area contributed by atoms with Crippen molar-refractivity contribution in [2.24, 2.45) is 0 Å². The predicted molar refractivity (Wildman–Crippen MR) is 101 cm³/mol. The summed E-state index contributed by atoms with van der Waals surface area (Å²) in [6.45, 7) is 2.62. The van der Waals surface area contributed by atoms with E-state index in [0.29, 0.717) is 18.3 Å². The van der Waals surface area contributed by atoms with E-state index in [-0.39, 0.29) is 12.5 Å². The molecule has 0 aliphatic carbocycles. The van der Waals surface area contributed by atoms with Gasteiger partial charge in [0.1, 0.15) is 0 Å². The van der Waals surface area contributed by atoms with E-state index in [1.54, 1.807) is 11.3 Å². The lowest BCUT2D eigenvalue weighted by Crippen LogP contribution is -2.30. The Hall–Kier alpha value is -2.03. The molecule has 2 heterocycles. The first-order valence-corrected chi connectivity index (χ1v) is 9.34. The van der Waals surface area contributed by atoms with Gasteiger partial charge in [-0.1, -0.05) is 21.1 Å². The van der Waals surface area contributed by atoms with Crippen molar-refractivity contribution in [1.82, 2.24) is 15.0 Å². The molecule has 130 valence electrons. The third-order valence-corrected chi connectivity index (χ3v) is 4.70. The van der Waals surface area contributed by atoms with Crippen LogP contribution in [0.2, 0.25) is 0 Å². The van der Waals surface area contributed by atoms with E-state index in [9.17, 15) is 4.79 Å². The lowest BCUT2D eigenvalue weighted by Gasteiger charge is -2.15. The second-order valence-corrected chi connectivity index (χ2v) is 7.40. The van der Waals surface area contributed by atoms with E-state index in [1.165, 1.54) is 0 Å². The van der Waals surface area contributed by atoms with E-state index >= 15 is 0 Å². The maximum atomic E-state index is 12.2. The molecule has 8 heteroatoms. The number of aromatic nitrogens is 2. The van der Waals surface area contributed by atoms with Crippen molar-refractivity contribution >= 4 is 38.9 Å². The van der Waals surface area contributed by atoms with E-state index in [2.05, 4.69) is 31.4 Å². The van der Waals surface area contributed by atoms with Crippen LogP contribution in [0.3, 0.4) is 0 Å². The van der Waals surface area contributed by atoms with Crippen LogP contribution in [0.1, 0.15) is 11.4 Å². The normalized spacial score (nSPS) is 11.0. The minimum absolute atomic E-state index is 0.0884. The quantitative estimate of drug-likeness (QED) is 0.653. The maximum absolute atomic E-state index is 12.2. The van der Waals surface area contributed by atoms with Gasteiger partial charge in [0.2, 0.25) is 5.91 Å². The second kappa shape index (κ2) is 7.90. The molecule has 1 aromatic carbocycles. The fraction of sp³-hybridized carbons (Fsp3) is 0.235. The number of halogens is 1. The van der Waals surface area contributed by atoms with Crippen molar-refractivity contribution in [1.29, 1.82) is 0 Å². The zero-order chi connectivity index (χ0) is 17.8. The predicted octanol–water partition coefficient (Wildman–Crippen LogP) is 3.94. The van der Waals surface area contributed by atoms with Crippen LogP contribution >= 0.6 is 27.3 Å². The molecule has 3 rings (SSSR count). The van der Waals surface area contributed by atoms with Gasteiger partial charge in [0.15, 0.2) is 5.82 Å². The van der Waals surface area contributed by atoms with E-state index in [1.807, 2.05) is 53.9 Å². The molecule has 0 bridgehead atoms. The Morgan fingerprint density at radius 1 is 1.40 bits per heavy atom. The van der Waals surface area contributed by atoms with Crippen LogP contribution in [0.4, 0.5) is 5.69 Å². The molecule has 0 fully saturated rings. The molecular formula is C17H17BrN4O2S. The molecule has 3 aromatic rings. The van der Waals surface area contributed by atoms with Crippen LogP contribution < -0.4 is 5.32 Å². The molecule has 2 aromatic heterocycles. The minimum atomic E-state index is -0.0884. The molecule has 0 unspecified atom stereocenters. The number of carbonyl (C=O) groups excluding carboxylic acids is 1. The summed E-state index contributed by atoms with van der Waals surface area (Å²) in [5.41, 5.74) is 2.72. The van der Waals surface area contributed by atoms with Gasteiger partial charge in [0, 0.05) is 15.5 Å². The molecular weight excluding hydrogens is 404 g/mol. The highest BCUT2D eigenvalue weighted by Gasteiger charge is 2.13. The molecule has 6 nitrogen and oxygen atoms in total. The SMILES string of the molecule is Cc1cc(Br)ccc1NC(=O)CN(C)Cc1noc(-c2ccsc2)n1. The first-order valence-electron chi connectivity index (χ1n) is 7.61. The third kappa shape index (κ3) is 4.75. The van der Waals surface area contributed by atoms with Gasteiger partial charge in [0.25, 0.3) is 5.89 Å². The lowest BCUT2D eigenvalue weighted by molar-refractivity contribution is -0.117. The molecule has 0 saturated carbocycles. The summed E-state index contributed by atoms with van der Waals surface area (Å²) in [4.78, 5) is 18.4. The molecule has 0 aliphatic rings. The fourth-order valence-electron chi connectivity index (χ4n) is 2.32. The van der Waals surface area contributed by atoms with Crippen LogP contribution in [0.15, 0.2) is 44.0 Å². The zero-order valence-corrected chi connectivity index (χ0v) is 16.2. The number of hydrogen-bond donors (Lipinski definition) is 1. The zero-order valence-electron chi connectivity index (χ0n) is 13.8. The van der Waals surface area contributed by atoms with Crippen LogP contribution in [-0.4, -0.2) is 34.5 Å². The molecule has 1 amide bonds. The Morgan fingerprint density at radius 2 is 2.24 bits per heavy atom. The van der Waals surface area contributed by atoms with Gasteiger partial charge in [-0.25, -0.2) is 0 Å². The van der Waals surface area contributed by atoms with Crippen LogP contribution in [0.25, 0.3) is 11.5 Å². The monoisotopic (exact) mass is 420 g/mol. The first kappa shape index (κ1) is 17.8. The lowest BCUT2D eigenvalue weighted by atomic mass is 10.2. The number of thiophene rings is 1. The molecule has 0 aliphatic heterocycles. The Kier molecular flexibility index (Phi) is 5.62. The minimum Gasteiger partial charge on any atom is -0.334 e. The molecule has 25 heavy (non-hydrogen) atoms. The maximum Gasteiger partial charge on any atom is 0.258 e. The number of anilines is 1. The highest BCUT2D eigenvalue weighted by atomic mass is 79.9. The van der Waals surface area contributed by atoms with Gasteiger partial charge >= 0.3 is 0 Å². The van der Waals surface area contributed by atoms with Gasteiger partial charge in [-0.2, -0.15) is 16.3 Å². The summed E-state index contributed by atoms with van der Waals surface area (Å²) in [5, 5.41) is 10.8. The number of likely N-dealkylation sites (N-methyl/N-ethyl adjacent to an activating group) is 1. The fourth-order valence-corrected chi connectivity index (χ4v) is 3.43. The summed E-state index contributed by atoms with van der Waals surface area (Å²) in [6.07, 6.45) is 0. The van der Waals surface area contributed by atoms with Crippen LogP contribution in [0, 0.1) is 6.92 Å². The number of rotatable bonds is 6. The number of carbonyl (C=O) groups is 1. The second-order valence-electron chi connectivity index (χ2n) is 5.71. The molecule has 0 atom stereocenters. The average molecular weight is 421 g/mol. The number of benzene rings is 1. The Labute approximate surface area is 158 Å². The van der Waals surface area contributed by atoms with E-state index in [0.717, 1.165) is 21.3 Å². The standard InChI is InChI=1S/C17H17BrN4O2S/c1-11-7-13(18)3-4-14(11)19-16(23)9-22(2)8-15-20-17(24-21-15)12-5-6-25-10-12/h3-7,10H,8-9H2,1-2H3,(H,19,23). The Balaban J connectivity index is 1.55. The van der Waals surface area contributed by atoms with Crippen molar-refractivity contribution in [3.63, 3.8) is 0 Å². The number of amides is 1. The summed E-state index contributed by atoms with van der Waals surface area (Å²) < 4.78 is 6.24. The van der Waals surface area contributed by atoms with Gasteiger partial charge in [-0.05, 0) is 49.2 Å². The van der Waals surface area contributed by atoms with Gasteiger partial charge < -0.3 is 9.84 Å². The summed E-state index contributed by atoms with van der Waals surface area (Å²) >= 11 is 4.99. The molecule has 0 spiro atoms. The van der Waals surface area contributed by atoms with Crippen molar-refractivity contribution in [3.05, 3.63) is 50.9 Å². The highest BCUT2D eigenvalue weighted by Crippen LogP contribution is 2.21. The van der Waals surface area contributed by atoms with Crippen molar-refractivity contribution in [2.45, 2.75) is 13.5 Å². The first-order chi connectivity index (χ1) is 12.0. The molecule has 0 radical (unpaired) electrons. The Morgan fingerprint density at radius 3 is 2.96 bits per heavy atom. The smallest absolute Gasteiger partial charge is 0.258 e. The average Bonchev–Trinajstić information content (AvgIpc) is 3.21. The third-order valence-electron chi connectivity index (χ3n) is 3.52. The van der Waals surface area contributed by atoms with Crippen molar-refractivity contribution in [2.75, 3.05) is 18.9 Å². The number of nitrogens with one attached hydrogen (secondary N) is 1. The molecule has 0 saturated heterocycles. The van der Waals surface area contributed by atoms with E-state index in [4.69, 9.17) is 4.52 Å². The summed E-state index contributed by atoms with van der Waals surface area (Å²) in [5.74, 6) is 0.963. The highest BCUT2D eigenvalue weighted by molar-refractivity contribution is 9.10. The van der Waals surface area contributed by atoms with Crippen molar-refractivity contribution < 1.29 is 9.32 Å². The van der Waals surface area contributed by atoms with Gasteiger partial charge in [-0.15, -0.1) is 0 Å². The largest absolute Gasteiger partial charge is 0.334 e. The number of nitrogens with zero attached hydrogens (tertiary/aromatic N) is 3. The van der Waals surface area contributed by atoms with Crippen LogP contribution in [-0.2, 0) is 11.3 Å². The van der Waals surface area contributed by atoms with Crippen molar-refractivity contribution in [3.8, 4) is 11.5 Å². The number of hydrogen-bond acceptors (Lipinski definition) is 6. The van der Waals surface area contributed by atoms with Gasteiger partial charge in [-0.3, -0.25) is 9.69 Å². The molecule has 1 N–H and O–H groups in total. The Bertz CT molecular complexity index is 863. The number of aryl methyl sites for hydroxylation is 1. The topological polar surface area (TPSA) is 71.3 Å². The summed E-state index contributed by atoms with van der Waals surface area (Å²) in [7, 11) is 1.84. The van der Waals surface area contributed by atoms with Gasteiger partial charge in [0.05, 0.1) is 18.7 Å². The van der Waals surface area contributed by atoms with E-state index < -0.39 is 0 Å². The summed E-state index contributed by atoms with van der Waals surface area (Å²) in [6, 6.07) is 7.67.